The van der Waals surface area contributed by atoms with Crippen LogP contribution in [0, 0.1) is 0 Å². The molecule has 4 nitrogen and oxygen atoms in total. The highest BCUT2D eigenvalue weighted by molar-refractivity contribution is 7.12. The molecule has 1 fully saturated rings. The van der Waals surface area contributed by atoms with Crippen LogP contribution in [0.25, 0.3) is 0 Å². The minimum atomic E-state index is -0.365. The molecule has 2 atom stereocenters. The molecule has 1 aromatic carbocycles. The molecule has 23 heavy (non-hydrogen) atoms. The number of nitrogens with one attached hydrogen (secondary N) is 1. The van der Waals surface area contributed by atoms with Gasteiger partial charge in [0, 0.05) is 6.54 Å². The van der Waals surface area contributed by atoms with E-state index in [2.05, 4.69) is 5.32 Å². The zero-order valence-electron chi connectivity index (χ0n) is 13.1. The molecule has 0 aliphatic carbocycles. The van der Waals surface area contributed by atoms with Gasteiger partial charge in [-0.3, -0.25) is 9.59 Å². The van der Waals surface area contributed by atoms with Crippen molar-refractivity contribution in [3.8, 4) is 0 Å². The Balaban J connectivity index is 1.67. The van der Waals surface area contributed by atoms with Crippen molar-refractivity contribution in [1.29, 1.82) is 0 Å². The summed E-state index contributed by atoms with van der Waals surface area (Å²) in [5.41, 5.74) is 1.06. The highest BCUT2D eigenvalue weighted by Gasteiger charge is 2.35. The number of carbonyl (C=O) groups is 2. The fraction of sp³-hybridized carbons (Fsp3) is 0.333. The van der Waals surface area contributed by atoms with E-state index in [1.165, 1.54) is 11.3 Å². The lowest BCUT2D eigenvalue weighted by atomic mass is 10.1. The highest BCUT2D eigenvalue weighted by Crippen LogP contribution is 2.23. The van der Waals surface area contributed by atoms with Gasteiger partial charge in [-0.2, -0.15) is 0 Å². The Bertz CT molecular complexity index is 670. The first-order valence-corrected chi connectivity index (χ1v) is 8.74. The molecular weight excluding hydrogens is 308 g/mol. The Morgan fingerprint density at radius 1 is 1.22 bits per heavy atom. The predicted octanol–water partition coefficient (Wildman–Crippen LogP) is 3.23. The summed E-state index contributed by atoms with van der Waals surface area (Å²) in [7, 11) is 0. The second-order valence-electron chi connectivity index (χ2n) is 5.77. The first-order valence-electron chi connectivity index (χ1n) is 7.86. The first kappa shape index (κ1) is 15.7. The maximum absolute atomic E-state index is 12.6. The lowest BCUT2D eigenvalue weighted by Gasteiger charge is -2.25. The lowest BCUT2D eigenvalue weighted by Crippen LogP contribution is -2.46. The lowest BCUT2D eigenvalue weighted by molar-refractivity contribution is -0.125. The summed E-state index contributed by atoms with van der Waals surface area (Å²) in [6.45, 7) is 2.61. The largest absolute Gasteiger partial charge is 0.348 e. The van der Waals surface area contributed by atoms with Crippen LogP contribution in [0.3, 0.4) is 0 Å². The minimum absolute atomic E-state index is 0.0370. The Morgan fingerprint density at radius 2 is 2.00 bits per heavy atom. The molecule has 1 N–H and O–H groups in total. The van der Waals surface area contributed by atoms with Crippen LogP contribution >= 0.6 is 11.3 Å². The summed E-state index contributed by atoms with van der Waals surface area (Å²) >= 11 is 1.42. The van der Waals surface area contributed by atoms with Crippen molar-refractivity contribution in [3.05, 3.63) is 58.3 Å². The Hall–Kier alpha value is -2.14. The number of hydrogen-bond acceptors (Lipinski definition) is 3. The SMILES string of the molecule is C[C@H](NC(=O)[C@H]1CCCN1C(=O)c1cccs1)c1ccccc1. The van der Waals surface area contributed by atoms with Crippen LogP contribution in [-0.4, -0.2) is 29.3 Å². The second kappa shape index (κ2) is 6.96. The van der Waals surface area contributed by atoms with Crippen molar-refractivity contribution in [3.63, 3.8) is 0 Å². The van der Waals surface area contributed by atoms with Crippen LogP contribution in [0.15, 0.2) is 47.8 Å². The summed E-state index contributed by atoms with van der Waals surface area (Å²) in [5.74, 6) is -0.103. The van der Waals surface area contributed by atoms with E-state index in [1.807, 2.05) is 54.8 Å². The van der Waals surface area contributed by atoms with Crippen LogP contribution in [0.1, 0.15) is 41.0 Å². The van der Waals surface area contributed by atoms with Gasteiger partial charge >= 0.3 is 0 Å². The molecule has 1 aliphatic rings. The molecule has 1 saturated heterocycles. The van der Waals surface area contributed by atoms with Gasteiger partial charge in [-0.15, -0.1) is 11.3 Å². The minimum Gasteiger partial charge on any atom is -0.348 e. The van der Waals surface area contributed by atoms with E-state index in [9.17, 15) is 9.59 Å². The van der Waals surface area contributed by atoms with Gasteiger partial charge in [-0.1, -0.05) is 36.4 Å². The van der Waals surface area contributed by atoms with Gasteiger partial charge in [0.2, 0.25) is 5.91 Å². The highest BCUT2D eigenvalue weighted by atomic mass is 32.1. The number of rotatable bonds is 4. The normalized spacial score (nSPS) is 18.7. The number of nitrogens with zero attached hydrogens (tertiary/aromatic N) is 1. The molecule has 2 amide bonds. The Kier molecular flexibility index (Phi) is 4.76. The van der Waals surface area contributed by atoms with Gasteiger partial charge < -0.3 is 10.2 Å². The molecule has 0 radical (unpaired) electrons. The topological polar surface area (TPSA) is 49.4 Å². The van der Waals surface area contributed by atoms with Crippen molar-refractivity contribution in [2.75, 3.05) is 6.54 Å². The molecule has 120 valence electrons. The van der Waals surface area contributed by atoms with Crippen molar-refractivity contribution < 1.29 is 9.59 Å². The number of benzene rings is 1. The third-order valence-corrected chi connectivity index (χ3v) is 5.06. The number of amides is 2. The van der Waals surface area contributed by atoms with E-state index in [-0.39, 0.29) is 23.9 Å². The predicted molar refractivity (Wildman–Crippen MR) is 91.4 cm³/mol. The molecule has 1 aliphatic heterocycles. The van der Waals surface area contributed by atoms with Gasteiger partial charge in [-0.05, 0) is 36.8 Å². The van der Waals surface area contributed by atoms with E-state index >= 15 is 0 Å². The third kappa shape index (κ3) is 3.45. The molecule has 0 saturated carbocycles. The Morgan fingerprint density at radius 3 is 2.70 bits per heavy atom. The summed E-state index contributed by atoms with van der Waals surface area (Å²) in [4.78, 5) is 27.5. The molecule has 1 aromatic heterocycles. The number of thiophene rings is 1. The van der Waals surface area contributed by atoms with Crippen molar-refractivity contribution >= 4 is 23.2 Å². The summed E-state index contributed by atoms with van der Waals surface area (Å²) in [6.07, 6.45) is 1.60. The van der Waals surface area contributed by atoms with E-state index in [1.54, 1.807) is 4.90 Å². The van der Waals surface area contributed by atoms with Gasteiger partial charge in [0.1, 0.15) is 6.04 Å². The van der Waals surface area contributed by atoms with Crippen LogP contribution < -0.4 is 5.32 Å². The van der Waals surface area contributed by atoms with Gasteiger partial charge in [0.25, 0.3) is 5.91 Å². The van der Waals surface area contributed by atoms with Gasteiger partial charge in [0.15, 0.2) is 0 Å². The van der Waals surface area contributed by atoms with Crippen LogP contribution in [-0.2, 0) is 4.79 Å². The van der Waals surface area contributed by atoms with Crippen LogP contribution in [0.5, 0.6) is 0 Å². The standard InChI is InChI=1S/C18H20N2O2S/c1-13(14-7-3-2-4-8-14)19-17(21)15-9-5-11-20(15)18(22)16-10-6-12-23-16/h2-4,6-8,10,12-13,15H,5,9,11H2,1H3,(H,19,21)/t13-,15+/m0/s1. The molecule has 2 aromatic rings. The monoisotopic (exact) mass is 328 g/mol. The molecule has 0 bridgehead atoms. The van der Waals surface area contributed by atoms with Crippen molar-refractivity contribution in [2.24, 2.45) is 0 Å². The van der Waals surface area contributed by atoms with Crippen molar-refractivity contribution in [2.45, 2.75) is 31.8 Å². The number of likely N-dealkylation sites (tertiary alicyclic amines) is 1. The van der Waals surface area contributed by atoms with E-state index in [0.717, 1.165) is 18.4 Å². The summed E-state index contributed by atoms with van der Waals surface area (Å²) in [6, 6.07) is 13.1. The molecule has 0 spiro atoms. The molecular formula is C18H20N2O2S. The molecule has 5 heteroatoms. The smallest absolute Gasteiger partial charge is 0.264 e. The first-order chi connectivity index (χ1) is 11.2. The van der Waals surface area contributed by atoms with Crippen molar-refractivity contribution in [1.82, 2.24) is 10.2 Å². The fourth-order valence-electron chi connectivity index (χ4n) is 2.96. The maximum atomic E-state index is 12.6. The van der Waals surface area contributed by atoms with Gasteiger partial charge in [0.05, 0.1) is 10.9 Å². The van der Waals surface area contributed by atoms with E-state index in [0.29, 0.717) is 11.4 Å². The maximum Gasteiger partial charge on any atom is 0.264 e. The molecule has 2 heterocycles. The van der Waals surface area contributed by atoms with Crippen LogP contribution in [0.4, 0.5) is 0 Å². The quantitative estimate of drug-likeness (QED) is 0.937. The molecule has 0 unspecified atom stereocenters. The van der Waals surface area contributed by atoms with Crippen LogP contribution in [0.2, 0.25) is 0 Å². The average molecular weight is 328 g/mol. The van der Waals surface area contributed by atoms with E-state index < -0.39 is 0 Å². The second-order valence-corrected chi connectivity index (χ2v) is 6.72. The van der Waals surface area contributed by atoms with Gasteiger partial charge in [-0.25, -0.2) is 0 Å². The molecule has 3 rings (SSSR count). The fourth-order valence-corrected chi connectivity index (χ4v) is 3.64. The third-order valence-electron chi connectivity index (χ3n) is 4.21. The summed E-state index contributed by atoms with van der Waals surface area (Å²) < 4.78 is 0. The summed E-state index contributed by atoms with van der Waals surface area (Å²) in [5, 5.41) is 4.92. The number of carbonyl (C=O) groups excluding carboxylic acids is 2. The van der Waals surface area contributed by atoms with E-state index in [4.69, 9.17) is 0 Å². The zero-order chi connectivity index (χ0) is 16.2. The Labute approximate surface area is 140 Å². The number of hydrogen-bond donors (Lipinski definition) is 1. The average Bonchev–Trinajstić information content (AvgIpc) is 3.26. The zero-order valence-corrected chi connectivity index (χ0v) is 13.9.